The molecule has 1 aliphatic rings. The highest BCUT2D eigenvalue weighted by Crippen LogP contribution is 2.33. The summed E-state index contributed by atoms with van der Waals surface area (Å²) in [6.07, 6.45) is -3.43. The number of hydrogen-bond acceptors (Lipinski definition) is 6. The van der Waals surface area contributed by atoms with Crippen LogP contribution < -0.4 is 20.3 Å². The Kier molecular flexibility index (Phi) is 7.46. The molecule has 0 radical (unpaired) electrons. The topological polar surface area (TPSA) is 79.4 Å². The molecular formula is C24H25BrF3N5O2. The van der Waals surface area contributed by atoms with E-state index in [1.54, 1.807) is 0 Å². The van der Waals surface area contributed by atoms with Crippen molar-refractivity contribution in [3.63, 3.8) is 0 Å². The minimum atomic E-state index is -4.94. The molecule has 7 nitrogen and oxygen atoms in total. The molecule has 35 heavy (non-hydrogen) atoms. The monoisotopic (exact) mass is 551 g/mol. The Morgan fingerprint density at radius 1 is 1.17 bits per heavy atom. The van der Waals surface area contributed by atoms with E-state index in [4.69, 9.17) is 9.97 Å². The zero-order valence-corrected chi connectivity index (χ0v) is 20.8. The first-order valence-electron chi connectivity index (χ1n) is 11.1. The van der Waals surface area contributed by atoms with E-state index >= 15 is 0 Å². The van der Waals surface area contributed by atoms with Crippen LogP contribution in [-0.2, 0) is 0 Å². The summed E-state index contributed by atoms with van der Waals surface area (Å²) in [4.78, 5) is 24.7. The molecule has 1 saturated heterocycles. The summed E-state index contributed by atoms with van der Waals surface area (Å²) in [7, 11) is 3.75. The molecule has 1 aromatic heterocycles. The van der Waals surface area contributed by atoms with Crippen LogP contribution in [0, 0.1) is 5.92 Å². The van der Waals surface area contributed by atoms with Crippen molar-refractivity contribution in [3.05, 3.63) is 58.3 Å². The second-order valence-electron chi connectivity index (χ2n) is 8.54. The Morgan fingerprint density at radius 2 is 1.89 bits per heavy atom. The van der Waals surface area contributed by atoms with Crippen molar-refractivity contribution in [2.24, 2.45) is 5.92 Å². The van der Waals surface area contributed by atoms with Crippen molar-refractivity contribution >= 4 is 38.6 Å². The van der Waals surface area contributed by atoms with Crippen LogP contribution in [0.3, 0.4) is 0 Å². The molecule has 0 aliphatic carbocycles. The molecule has 1 amide bonds. The number of amides is 1. The smallest absolute Gasteiger partial charge is 0.405 e. The van der Waals surface area contributed by atoms with Gasteiger partial charge in [0.2, 0.25) is 0 Å². The number of alkyl halides is 3. The number of nitrogens with one attached hydrogen (secondary N) is 2. The number of aromatic nitrogens is 2. The van der Waals surface area contributed by atoms with E-state index in [1.165, 1.54) is 12.1 Å². The number of rotatable bonds is 6. The minimum absolute atomic E-state index is 0.00110. The molecule has 2 heterocycles. The van der Waals surface area contributed by atoms with Crippen LogP contribution in [0.15, 0.2) is 46.9 Å². The average molecular weight is 552 g/mol. The van der Waals surface area contributed by atoms with Gasteiger partial charge in [0.15, 0.2) is 5.82 Å². The largest absolute Gasteiger partial charge is 0.573 e. The highest BCUT2D eigenvalue weighted by molar-refractivity contribution is 9.10. The number of benzene rings is 2. The van der Waals surface area contributed by atoms with E-state index in [0.29, 0.717) is 16.1 Å². The highest BCUT2D eigenvalue weighted by atomic mass is 79.9. The van der Waals surface area contributed by atoms with Gasteiger partial charge >= 0.3 is 6.36 Å². The van der Waals surface area contributed by atoms with Gasteiger partial charge in [0.1, 0.15) is 11.6 Å². The summed E-state index contributed by atoms with van der Waals surface area (Å²) in [6, 6.07) is 10.9. The number of piperidine rings is 1. The lowest BCUT2D eigenvalue weighted by atomic mass is 9.89. The van der Waals surface area contributed by atoms with Gasteiger partial charge in [-0.1, -0.05) is 28.1 Å². The Hall–Kier alpha value is -2.92. The predicted molar refractivity (Wildman–Crippen MR) is 130 cm³/mol. The number of carbonyl (C=O) groups is 1. The quantitative estimate of drug-likeness (QED) is 0.457. The second kappa shape index (κ2) is 10.4. The van der Waals surface area contributed by atoms with Crippen molar-refractivity contribution in [3.8, 4) is 5.75 Å². The fourth-order valence-corrected chi connectivity index (χ4v) is 4.58. The van der Waals surface area contributed by atoms with Crippen LogP contribution in [0.1, 0.15) is 35.1 Å². The SMILES string of the molecule is CN(C)c1nc(C(NC(=O)c2ccc(Br)cc2OC(F)(F)F)C2CCNCC2)nc2ccccc12. The lowest BCUT2D eigenvalue weighted by Gasteiger charge is -2.31. The normalized spacial score (nSPS) is 15.6. The maximum atomic E-state index is 13.3. The van der Waals surface area contributed by atoms with Crippen molar-refractivity contribution in [2.45, 2.75) is 25.2 Å². The van der Waals surface area contributed by atoms with E-state index in [9.17, 15) is 18.0 Å². The molecule has 2 N–H and O–H groups in total. The van der Waals surface area contributed by atoms with Gasteiger partial charge in [0.25, 0.3) is 5.91 Å². The van der Waals surface area contributed by atoms with Crippen molar-refractivity contribution < 1.29 is 22.7 Å². The summed E-state index contributed by atoms with van der Waals surface area (Å²) >= 11 is 3.14. The maximum absolute atomic E-state index is 13.3. The van der Waals surface area contributed by atoms with E-state index in [0.717, 1.165) is 42.9 Å². The summed E-state index contributed by atoms with van der Waals surface area (Å²) in [6.45, 7) is 1.51. The molecule has 1 unspecified atom stereocenters. The molecule has 0 bridgehead atoms. The molecule has 1 atom stereocenters. The summed E-state index contributed by atoms with van der Waals surface area (Å²) < 4.78 is 43.5. The lowest BCUT2D eigenvalue weighted by molar-refractivity contribution is -0.274. The third kappa shape index (κ3) is 6.02. The number of halogens is 4. The standard InChI is InChI=1S/C24H25BrF3N5O2/c1-33(2)22-16-5-3-4-6-18(16)30-21(32-22)20(14-9-11-29-12-10-14)31-23(34)17-8-7-15(25)13-19(17)35-24(26,27)28/h3-8,13-14,20,29H,9-12H2,1-2H3,(H,31,34). The highest BCUT2D eigenvalue weighted by Gasteiger charge is 2.35. The van der Waals surface area contributed by atoms with Crippen LogP contribution in [0.2, 0.25) is 0 Å². The fourth-order valence-electron chi connectivity index (χ4n) is 4.24. The van der Waals surface area contributed by atoms with Gasteiger partial charge in [-0.05, 0) is 62.2 Å². The molecule has 1 fully saturated rings. The molecule has 186 valence electrons. The molecule has 4 rings (SSSR count). The molecular weight excluding hydrogens is 527 g/mol. The zero-order chi connectivity index (χ0) is 25.2. The molecule has 3 aromatic rings. The average Bonchev–Trinajstić information content (AvgIpc) is 2.81. The molecule has 0 spiro atoms. The van der Waals surface area contributed by atoms with Gasteiger partial charge in [-0.25, -0.2) is 9.97 Å². The van der Waals surface area contributed by atoms with Gasteiger partial charge < -0.3 is 20.3 Å². The van der Waals surface area contributed by atoms with Gasteiger partial charge in [0, 0.05) is 24.0 Å². The first-order chi connectivity index (χ1) is 16.6. The Balaban J connectivity index is 1.75. The molecule has 1 aliphatic heterocycles. The van der Waals surface area contributed by atoms with Crippen LogP contribution in [0.25, 0.3) is 10.9 Å². The number of fused-ring (bicyclic) bond motifs is 1. The predicted octanol–water partition coefficient (Wildman–Crippen LogP) is 4.83. The molecule has 11 heteroatoms. The minimum Gasteiger partial charge on any atom is -0.405 e. The van der Waals surface area contributed by atoms with Crippen molar-refractivity contribution in [2.75, 3.05) is 32.1 Å². The van der Waals surface area contributed by atoms with Crippen LogP contribution >= 0.6 is 15.9 Å². The summed E-state index contributed by atoms with van der Waals surface area (Å²) in [5.74, 6) is -0.157. The zero-order valence-electron chi connectivity index (χ0n) is 19.2. The molecule has 2 aromatic carbocycles. The van der Waals surface area contributed by atoms with E-state index in [-0.39, 0.29) is 11.5 Å². The van der Waals surface area contributed by atoms with Crippen LogP contribution in [0.5, 0.6) is 5.75 Å². The van der Waals surface area contributed by atoms with Crippen molar-refractivity contribution in [1.82, 2.24) is 20.6 Å². The molecule has 0 saturated carbocycles. The Bertz CT molecular complexity index is 1220. The number of nitrogens with zero attached hydrogens (tertiary/aromatic N) is 3. The van der Waals surface area contributed by atoms with Gasteiger partial charge in [0.05, 0.1) is 17.1 Å². The maximum Gasteiger partial charge on any atom is 0.573 e. The third-order valence-electron chi connectivity index (χ3n) is 5.86. The second-order valence-corrected chi connectivity index (χ2v) is 9.46. The van der Waals surface area contributed by atoms with Crippen LogP contribution in [0.4, 0.5) is 19.0 Å². The summed E-state index contributed by atoms with van der Waals surface area (Å²) in [5.41, 5.74) is 0.497. The van der Waals surface area contributed by atoms with Crippen molar-refractivity contribution in [1.29, 1.82) is 0 Å². The first-order valence-corrected chi connectivity index (χ1v) is 11.9. The summed E-state index contributed by atoms with van der Waals surface area (Å²) in [5, 5.41) is 7.08. The van der Waals surface area contributed by atoms with Gasteiger partial charge in [-0.2, -0.15) is 0 Å². The van der Waals surface area contributed by atoms with Crippen LogP contribution in [-0.4, -0.2) is 49.4 Å². The Labute approximate surface area is 209 Å². The Morgan fingerprint density at radius 3 is 2.57 bits per heavy atom. The van der Waals surface area contributed by atoms with E-state index in [1.807, 2.05) is 43.3 Å². The lowest BCUT2D eigenvalue weighted by Crippen LogP contribution is -2.40. The van der Waals surface area contributed by atoms with Gasteiger partial charge in [-0.3, -0.25) is 4.79 Å². The fraction of sp³-hybridized carbons (Fsp3) is 0.375. The van der Waals surface area contributed by atoms with Gasteiger partial charge in [-0.15, -0.1) is 13.2 Å². The number of para-hydroxylation sites is 1. The number of anilines is 1. The first kappa shape index (κ1) is 25.2. The number of carbonyl (C=O) groups excluding carboxylic acids is 1. The van der Waals surface area contributed by atoms with E-state index in [2.05, 4.69) is 31.3 Å². The number of ether oxygens (including phenoxy) is 1. The third-order valence-corrected chi connectivity index (χ3v) is 6.35. The number of hydrogen-bond donors (Lipinski definition) is 2. The van der Waals surface area contributed by atoms with E-state index < -0.39 is 24.1 Å².